The van der Waals surface area contributed by atoms with E-state index in [0.717, 1.165) is 4.68 Å². The number of nitrogens with zero attached hydrogens (tertiary/aromatic N) is 2. The Morgan fingerprint density at radius 1 is 1.37 bits per heavy atom. The molecule has 1 unspecified atom stereocenters. The molecule has 0 spiro atoms. The third-order valence-electron chi connectivity index (χ3n) is 4.06. The SMILES string of the molecule is CC(C)(C)OC(=O)n1cc(-c2c[nH]c3c(Cl)c(Cl)cc(NC(=O)C(O)CO)c23)cn1. The molecule has 4 N–H and O–H groups in total. The molecule has 0 saturated heterocycles. The third kappa shape index (κ3) is 4.44. The zero-order chi connectivity index (χ0) is 22.2. The molecule has 1 atom stereocenters. The van der Waals surface area contributed by atoms with Crippen LogP contribution in [0.15, 0.2) is 24.7 Å². The van der Waals surface area contributed by atoms with E-state index in [2.05, 4.69) is 15.4 Å². The number of hydrogen-bond donors (Lipinski definition) is 4. The van der Waals surface area contributed by atoms with E-state index in [0.29, 0.717) is 22.0 Å². The number of halogens is 2. The van der Waals surface area contributed by atoms with Crippen LogP contribution in [0.25, 0.3) is 22.0 Å². The Kier molecular flexibility index (Phi) is 6.09. The van der Waals surface area contributed by atoms with Crippen molar-refractivity contribution in [2.45, 2.75) is 32.5 Å². The van der Waals surface area contributed by atoms with Crippen molar-refractivity contribution in [2.24, 2.45) is 0 Å². The van der Waals surface area contributed by atoms with Gasteiger partial charge in [0.25, 0.3) is 5.91 Å². The zero-order valence-electron chi connectivity index (χ0n) is 16.4. The summed E-state index contributed by atoms with van der Waals surface area (Å²) in [6, 6.07) is 1.43. The van der Waals surface area contributed by atoms with Gasteiger partial charge in [-0.15, -0.1) is 0 Å². The number of aliphatic hydroxyl groups is 2. The van der Waals surface area contributed by atoms with Gasteiger partial charge < -0.3 is 25.3 Å². The van der Waals surface area contributed by atoms with Gasteiger partial charge in [0, 0.05) is 28.9 Å². The van der Waals surface area contributed by atoms with E-state index in [1.54, 1.807) is 27.0 Å². The van der Waals surface area contributed by atoms with Crippen LogP contribution in [0.4, 0.5) is 10.5 Å². The van der Waals surface area contributed by atoms with Gasteiger partial charge in [-0.1, -0.05) is 23.2 Å². The second-order valence-corrected chi connectivity index (χ2v) is 8.30. The highest BCUT2D eigenvalue weighted by Gasteiger charge is 2.22. The van der Waals surface area contributed by atoms with E-state index in [-0.39, 0.29) is 15.7 Å². The molecule has 160 valence electrons. The van der Waals surface area contributed by atoms with Crippen molar-refractivity contribution in [3.05, 3.63) is 34.7 Å². The highest BCUT2D eigenvalue weighted by atomic mass is 35.5. The summed E-state index contributed by atoms with van der Waals surface area (Å²) in [4.78, 5) is 27.3. The first-order valence-electron chi connectivity index (χ1n) is 8.89. The van der Waals surface area contributed by atoms with Gasteiger partial charge in [0.15, 0.2) is 6.10 Å². The molecule has 0 aliphatic heterocycles. The Labute approximate surface area is 181 Å². The zero-order valence-corrected chi connectivity index (χ0v) is 17.9. The maximum Gasteiger partial charge on any atom is 0.435 e. The summed E-state index contributed by atoms with van der Waals surface area (Å²) in [5, 5.41) is 26.1. The lowest BCUT2D eigenvalue weighted by Gasteiger charge is -2.18. The number of rotatable bonds is 4. The van der Waals surface area contributed by atoms with E-state index in [4.69, 9.17) is 33.0 Å². The van der Waals surface area contributed by atoms with Crippen LogP contribution < -0.4 is 5.32 Å². The van der Waals surface area contributed by atoms with Gasteiger partial charge in [-0.2, -0.15) is 9.78 Å². The van der Waals surface area contributed by atoms with Gasteiger partial charge in [-0.05, 0) is 26.8 Å². The number of H-pyrrole nitrogens is 1. The summed E-state index contributed by atoms with van der Waals surface area (Å²) in [6.45, 7) is 4.50. The lowest BCUT2D eigenvalue weighted by molar-refractivity contribution is -0.125. The number of aromatic amines is 1. The normalized spacial score (nSPS) is 12.8. The summed E-state index contributed by atoms with van der Waals surface area (Å²) in [5.41, 5.74) is 1.14. The molecule has 0 aliphatic rings. The maximum absolute atomic E-state index is 12.2. The van der Waals surface area contributed by atoms with Gasteiger partial charge in [-0.3, -0.25) is 4.79 Å². The Bertz CT molecular complexity index is 1120. The first-order valence-corrected chi connectivity index (χ1v) is 9.64. The molecule has 0 aliphatic carbocycles. The lowest BCUT2D eigenvalue weighted by atomic mass is 10.1. The average molecular weight is 455 g/mol. The van der Waals surface area contributed by atoms with E-state index in [9.17, 15) is 14.7 Å². The van der Waals surface area contributed by atoms with Crippen LogP contribution >= 0.6 is 23.2 Å². The first kappa shape index (κ1) is 22.1. The topological polar surface area (TPSA) is 129 Å². The third-order valence-corrected chi connectivity index (χ3v) is 4.84. The number of carbonyl (C=O) groups is 2. The number of amides is 1. The Morgan fingerprint density at radius 3 is 2.70 bits per heavy atom. The second-order valence-electron chi connectivity index (χ2n) is 7.51. The summed E-state index contributed by atoms with van der Waals surface area (Å²) >= 11 is 12.5. The van der Waals surface area contributed by atoms with Gasteiger partial charge in [0.05, 0.1) is 34.1 Å². The standard InChI is InChI=1S/C19H20Cl2N4O5/c1-19(2,3)30-18(29)25-7-9(5-23-25)10-6-22-16-14(10)12(4-11(20)15(16)21)24-17(28)13(27)8-26/h4-7,13,22,26-27H,8H2,1-3H3,(H,24,28). The van der Waals surface area contributed by atoms with Crippen LogP contribution in [0.1, 0.15) is 20.8 Å². The number of hydrogen-bond acceptors (Lipinski definition) is 6. The smallest absolute Gasteiger partial charge is 0.435 e. The van der Waals surface area contributed by atoms with Crippen molar-refractivity contribution in [3.8, 4) is 11.1 Å². The second kappa shape index (κ2) is 8.27. The molecule has 11 heteroatoms. The Hall–Kier alpha value is -2.59. The lowest BCUT2D eigenvalue weighted by Crippen LogP contribution is -2.30. The number of fused-ring (bicyclic) bond motifs is 1. The molecule has 3 rings (SSSR count). The van der Waals surface area contributed by atoms with Crippen molar-refractivity contribution in [1.29, 1.82) is 0 Å². The molecule has 0 fully saturated rings. The summed E-state index contributed by atoms with van der Waals surface area (Å²) in [6.07, 6.45) is 2.32. The largest absolute Gasteiger partial charge is 0.442 e. The molecule has 0 bridgehead atoms. The van der Waals surface area contributed by atoms with Crippen LogP contribution in [0.3, 0.4) is 0 Å². The monoisotopic (exact) mass is 454 g/mol. The fourth-order valence-corrected chi connectivity index (χ4v) is 3.16. The quantitative estimate of drug-likeness (QED) is 0.477. The highest BCUT2D eigenvalue weighted by Crippen LogP contribution is 2.41. The van der Waals surface area contributed by atoms with E-state index >= 15 is 0 Å². The van der Waals surface area contributed by atoms with E-state index < -0.39 is 30.3 Å². The number of aromatic nitrogens is 3. The minimum atomic E-state index is -1.60. The molecule has 3 aromatic rings. The fraction of sp³-hybridized carbons (Fsp3) is 0.316. The molecule has 0 saturated carbocycles. The Morgan fingerprint density at radius 2 is 2.07 bits per heavy atom. The van der Waals surface area contributed by atoms with Crippen molar-refractivity contribution in [2.75, 3.05) is 11.9 Å². The molecular formula is C19H20Cl2N4O5. The number of benzene rings is 1. The van der Waals surface area contributed by atoms with E-state index in [1.807, 2.05) is 0 Å². The fourth-order valence-electron chi connectivity index (χ4n) is 2.75. The number of carbonyl (C=O) groups excluding carboxylic acids is 2. The molecule has 30 heavy (non-hydrogen) atoms. The van der Waals surface area contributed by atoms with E-state index in [1.165, 1.54) is 18.5 Å². The van der Waals surface area contributed by atoms with Crippen molar-refractivity contribution >= 4 is 51.8 Å². The first-order chi connectivity index (χ1) is 14.0. The molecule has 1 aromatic carbocycles. The van der Waals surface area contributed by atoms with Crippen molar-refractivity contribution < 1.29 is 24.5 Å². The van der Waals surface area contributed by atoms with Gasteiger partial charge in [0.1, 0.15) is 5.60 Å². The molecule has 1 amide bonds. The molecule has 0 radical (unpaired) electrons. The van der Waals surface area contributed by atoms with Crippen molar-refractivity contribution in [1.82, 2.24) is 14.8 Å². The molecule has 2 heterocycles. The Balaban J connectivity index is 2.07. The molecule has 2 aromatic heterocycles. The van der Waals surface area contributed by atoms with Crippen molar-refractivity contribution in [3.63, 3.8) is 0 Å². The summed E-state index contributed by atoms with van der Waals surface area (Å²) in [7, 11) is 0. The number of ether oxygens (including phenoxy) is 1. The number of nitrogens with one attached hydrogen (secondary N) is 2. The van der Waals surface area contributed by atoms with Crippen LogP contribution in [0, 0.1) is 0 Å². The van der Waals surface area contributed by atoms with Crippen LogP contribution in [0.5, 0.6) is 0 Å². The number of anilines is 1. The minimum absolute atomic E-state index is 0.177. The predicted molar refractivity (Wildman–Crippen MR) is 113 cm³/mol. The average Bonchev–Trinajstić information content (AvgIpc) is 3.30. The van der Waals surface area contributed by atoms with Gasteiger partial charge in [-0.25, -0.2) is 4.79 Å². The highest BCUT2D eigenvalue weighted by molar-refractivity contribution is 6.46. The number of aliphatic hydroxyl groups excluding tert-OH is 2. The molecule has 9 nitrogen and oxygen atoms in total. The van der Waals surface area contributed by atoms with Crippen LogP contribution in [0.2, 0.25) is 10.0 Å². The predicted octanol–water partition coefficient (Wildman–Crippen LogP) is 3.41. The summed E-state index contributed by atoms with van der Waals surface area (Å²) < 4.78 is 6.36. The summed E-state index contributed by atoms with van der Waals surface area (Å²) in [5.74, 6) is -0.811. The maximum atomic E-state index is 12.2. The van der Waals surface area contributed by atoms with Crippen LogP contribution in [-0.2, 0) is 9.53 Å². The molecular weight excluding hydrogens is 435 g/mol. The van der Waals surface area contributed by atoms with Gasteiger partial charge >= 0.3 is 6.09 Å². The van der Waals surface area contributed by atoms with Gasteiger partial charge in [0.2, 0.25) is 0 Å². The minimum Gasteiger partial charge on any atom is -0.442 e. The van der Waals surface area contributed by atoms with Crippen LogP contribution in [-0.4, -0.2) is 55.3 Å².